The fraction of sp³-hybridized carbons (Fsp3) is 0.0769. The number of rotatable bonds is 4. The van der Waals surface area contributed by atoms with Crippen LogP contribution in [0.15, 0.2) is 328 Å². The fourth-order valence-electron chi connectivity index (χ4n) is 19.6. The lowest BCUT2D eigenvalue weighted by atomic mass is 9.33. The van der Waals surface area contributed by atoms with Crippen LogP contribution < -0.4 is 26.2 Å². The van der Waals surface area contributed by atoms with Crippen LogP contribution in [0, 0.1) is 0 Å². The molecule has 0 N–H and O–H groups in total. The molecule has 4 heteroatoms. The first kappa shape index (κ1) is 61.3. The van der Waals surface area contributed by atoms with E-state index in [1.807, 2.05) is 0 Å². The van der Waals surface area contributed by atoms with E-state index in [9.17, 15) is 0 Å². The number of hydrogen-bond acceptors (Lipinski definition) is 2. The molecule has 0 spiro atoms. The summed E-state index contributed by atoms with van der Waals surface area (Å²) in [5.74, 6) is 0. The first-order valence-electron chi connectivity index (χ1n) is 38.2. The van der Waals surface area contributed by atoms with E-state index in [2.05, 4.69) is 383 Å². The van der Waals surface area contributed by atoms with Crippen molar-refractivity contribution in [2.75, 3.05) is 9.80 Å². The number of hydrogen-bond donors (Lipinski definition) is 0. The molecule has 0 saturated carbocycles. The number of nitrogens with zero attached hydrogens (tertiary/aromatic N) is 3. The Labute approximate surface area is 626 Å². The number of anilines is 6. The molecule has 3 heterocycles. The van der Waals surface area contributed by atoms with Crippen molar-refractivity contribution in [3.8, 4) is 16.8 Å². The van der Waals surface area contributed by atoms with Gasteiger partial charge in [0.2, 0.25) is 0 Å². The van der Waals surface area contributed by atoms with E-state index in [-0.39, 0.29) is 17.5 Å². The van der Waals surface area contributed by atoms with Crippen LogP contribution in [-0.4, -0.2) is 11.3 Å². The lowest BCUT2D eigenvalue weighted by molar-refractivity contribution is 0.590. The maximum atomic E-state index is 2.68. The van der Waals surface area contributed by atoms with Gasteiger partial charge >= 0.3 is 0 Å². The first-order chi connectivity index (χ1) is 52.8. The molecule has 0 aliphatic carbocycles. The highest BCUT2D eigenvalue weighted by atomic mass is 15.2. The Bertz CT molecular complexity index is 7430. The zero-order valence-electron chi connectivity index (χ0n) is 61.1. The van der Waals surface area contributed by atoms with Crippen LogP contribution in [0.4, 0.5) is 34.1 Å². The summed E-state index contributed by atoms with van der Waals surface area (Å²) in [7, 11) is 0. The van der Waals surface area contributed by atoms with Crippen molar-refractivity contribution in [3.63, 3.8) is 0 Å². The molecule has 2 aliphatic heterocycles. The molecule has 0 atom stereocenters. The lowest BCUT2D eigenvalue weighted by Crippen LogP contribution is -2.61. The minimum Gasteiger partial charge on any atom is -0.311 e. The quantitative estimate of drug-likeness (QED) is 0.129. The van der Waals surface area contributed by atoms with E-state index in [4.69, 9.17) is 0 Å². The van der Waals surface area contributed by atoms with Gasteiger partial charge in [0.05, 0.1) is 11.0 Å². The summed E-state index contributed by atoms with van der Waals surface area (Å²) in [6.07, 6.45) is 0. The third-order valence-electron chi connectivity index (χ3n) is 24.7. The van der Waals surface area contributed by atoms with Crippen molar-refractivity contribution in [3.05, 3.63) is 339 Å². The maximum absolute atomic E-state index is 2.68. The highest BCUT2D eigenvalue weighted by Crippen LogP contribution is 2.52. The molecule has 506 valence electrons. The second-order valence-electron chi connectivity index (χ2n) is 32.6. The van der Waals surface area contributed by atoms with Gasteiger partial charge in [-0.25, -0.2) is 0 Å². The van der Waals surface area contributed by atoms with Crippen LogP contribution in [0.1, 0.15) is 52.7 Å². The van der Waals surface area contributed by atoms with Gasteiger partial charge in [0.15, 0.2) is 0 Å². The molecule has 23 rings (SSSR count). The number of aromatic nitrogens is 1. The van der Waals surface area contributed by atoms with E-state index in [0.29, 0.717) is 0 Å². The third-order valence-corrected chi connectivity index (χ3v) is 24.7. The van der Waals surface area contributed by atoms with E-state index < -0.39 is 0 Å². The minimum atomic E-state index is -0.227. The van der Waals surface area contributed by atoms with Crippen LogP contribution in [-0.2, 0) is 10.8 Å². The van der Waals surface area contributed by atoms with Gasteiger partial charge in [-0.05, 0) is 264 Å². The SMILES string of the molecule is CC(C)(C)c1ccc2c(c1)c1cc(C(C)(C)C)ccc1n2-c1ccc2c(c1)N(c1ccc3c4ccccc4c4ccccc4c3c1)c1cc(-c3ccc4c5ccccc5c5ccccc5c4c3)cc3c1B2c1cc2c4ccccc4c4ccccc4c2cc1N3c1ccc2c3ccccc3c3ccccc3c2c1. The molecular weight excluding hydrogens is 1300 g/mol. The highest BCUT2D eigenvalue weighted by Gasteiger charge is 2.45. The predicted molar refractivity (Wildman–Crippen MR) is 468 cm³/mol. The monoisotopic (exact) mass is 1370 g/mol. The van der Waals surface area contributed by atoms with Gasteiger partial charge in [-0.3, -0.25) is 0 Å². The minimum absolute atomic E-state index is 0.0533. The van der Waals surface area contributed by atoms with Crippen LogP contribution in [0.3, 0.4) is 0 Å². The van der Waals surface area contributed by atoms with Gasteiger partial charge < -0.3 is 14.4 Å². The largest absolute Gasteiger partial charge is 0.311 e. The van der Waals surface area contributed by atoms with E-state index >= 15 is 0 Å². The standard InChI is InChI=1S/C104H72BN3/c1-103(2,3)63-40-49-96-92(54-63)93-55-64(104(4,5)6)41-50-97(93)106(96)67-44-48-94-98(58-67)107(65-42-46-85-77-32-11-8-24-69(77)72-27-14-19-35-80(72)88(85)56-65)100-52-62(61-39-45-84-76-31-10-7-23-68(76)71-26-13-18-34-79(71)87(84)51-61)53-101-102(100)105(94)95-59-90-82-37-21-16-29-74(82)75-30-17-22-38-83(75)91(90)60-99(95)108(101)66-43-47-86-78-33-12-9-25-70(78)73-28-15-20-36-81(73)89(86)57-66/h7-60H,1-6H3. The van der Waals surface area contributed by atoms with Crippen LogP contribution >= 0.6 is 0 Å². The van der Waals surface area contributed by atoms with Crippen molar-refractivity contribution in [1.82, 2.24) is 4.57 Å². The number of benzene rings is 20. The molecule has 0 unspecified atom stereocenters. The molecule has 21 aromatic rings. The highest BCUT2D eigenvalue weighted by molar-refractivity contribution is 7.00. The van der Waals surface area contributed by atoms with Gasteiger partial charge in [-0.15, -0.1) is 0 Å². The van der Waals surface area contributed by atoms with Crippen molar-refractivity contribution >= 4 is 208 Å². The Morgan fingerprint density at radius 1 is 0.204 bits per heavy atom. The average molecular weight is 1370 g/mol. The zero-order valence-corrected chi connectivity index (χ0v) is 61.1. The van der Waals surface area contributed by atoms with E-state index in [0.717, 1.165) is 45.3 Å². The summed E-state index contributed by atoms with van der Waals surface area (Å²) < 4.78 is 2.57. The molecule has 108 heavy (non-hydrogen) atoms. The van der Waals surface area contributed by atoms with Crippen LogP contribution in [0.2, 0.25) is 0 Å². The zero-order chi connectivity index (χ0) is 71.7. The topological polar surface area (TPSA) is 11.4 Å². The average Bonchev–Trinajstić information content (AvgIpc) is 0.714. The Morgan fingerprint density at radius 3 is 0.880 bits per heavy atom. The van der Waals surface area contributed by atoms with Crippen molar-refractivity contribution in [1.29, 1.82) is 0 Å². The molecule has 0 amide bonds. The van der Waals surface area contributed by atoms with E-state index in [1.165, 1.54) is 184 Å². The number of fused-ring (bicyclic) bond motifs is 31. The van der Waals surface area contributed by atoms with Gasteiger partial charge in [-0.2, -0.15) is 0 Å². The van der Waals surface area contributed by atoms with Gasteiger partial charge in [-0.1, -0.05) is 284 Å². The van der Waals surface area contributed by atoms with Gasteiger partial charge in [0.1, 0.15) is 0 Å². The van der Waals surface area contributed by atoms with E-state index in [1.54, 1.807) is 0 Å². The summed E-state index contributed by atoms with van der Waals surface area (Å²) >= 11 is 0. The van der Waals surface area contributed by atoms with Crippen LogP contribution in [0.5, 0.6) is 0 Å². The molecular formula is C104H72BN3. The third kappa shape index (κ3) is 8.68. The Kier molecular flexibility index (Phi) is 12.6. The summed E-state index contributed by atoms with van der Waals surface area (Å²) in [6, 6.07) is 127. The van der Waals surface area contributed by atoms with Crippen molar-refractivity contribution in [2.45, 2.75) is 52.4 Å². The molecule has 20 aromatic carbocycles. The maximum Gasteiger partial charge on any atom is 0.252 e. The first-order valence-corrected chi connectivity index (χ1v) is 38.2. The van der Waals surface area contributed by atoms with Crippen molar-refractivity contribution in [2.24, 2.45) is 0 Å². The van der Waals surface area contributed by atoms with Crippen LogP contribution in [0.25, 0.3) is 168 Å². The fourth-order valence-corrected chi connectivity index (χ4v) is 19.6. The predicted octanol–water partition coefficient (Wildman–Crippen LogP) is 27.0. The second kappa shape index (κ2) is 22.3. The Balaban J connectivity index is 0.886. The molecule has 1 aromatic heterocycles. The molecule has 0 radical (unpaired) electrons. The van der Waals surface area contributed by atoms with Gasteiger partial charge in [0.25, 0.3) is 6.71 Å². The summed E-state index contributed by atoms with van der Waals surface area (Å²) in [5.41, 5.74) is 18.9. The summed E-state index contributed by atoms with van der Waals surface area (Å²) in [4.78, 5) is 5.36. The van der Waals surface area contributed by atoms with Gasteiger partial charge in [0, 0.05) is 50.6 Å². The molecule has 2 aliphatic rings. The second-order valence-corrected chi connectivity index (χ2v) is 32.6. The van der Waals surface area contributed by atoms with Crippen molar-refractivity contribution < 1.29 is 0 Å². The molecule has 0 bridgehead atoms. The normalized spacial score (nSPS) is 13.2. The summed E-state index contributed by atoms with van der Waals surface area (Å²) in [6.45, 7) is 13.8. The molecule has 3 nitrogen and oxygen atoms in total. The lowest BCUT2D eigenvalue weighted by Gasteiger charge is -2.45. The Morgan fingerprint density at radius 2 is 0.509 bits per heavy atom. The molecule has 0 saturated heterocycles. The Hall–Kier alpha value is -13.0. The summed E-state index contributed by atoms with van der Waals surface area (Å²) in [5, 5.41) is 32.5. The smallest absolute Gasteiger partial charge is 0.252 e. The molecule has 0 fully saturated rings.